The molecule has 3 N–H and O–H groups in total. The molecule has 0 radical (unpaired) electrons. The fourth-order valence-corrected chi connectivity index (χ4v) is 2.49. The summed E-state index contributed by atoms with van der Waals surface area (Å²) in [6.45, 7) is 0.519. The zero-order chi connectivity index (χ0) is 11.5. The van der Waals surface area contributed by atoms with E-state index in [-0.39, 0.29) is 12.2 Å². The first-order chi connectivity index (χ1) is 7.70. The number of aliphatic hydroxyl groups excluding tert-OH is 1. The summed E-state index contributed by atoms with van der Waals surface area (Å²) >= 11 is 3.45. The lowest BCUT2D eigenvalue weighted by molar-refractivity contribution is 0.0599. The average Bonchev–Trinajstić information content (AvgIpc) is 2.67. The molecule has 1 aromatic rings. The second-order valence-corrected chi connectivity index (χ2v) is 4.98. The first-order valence-electron chi connectivity index (χ1n) is 5.54. The van der Waals surface area contributed by atoms with Crippen LogP contribution in [0.15, 0.2) is 22.7 Å². The number of rotatable bonds is 3. The van der Waals surface area contributed by atoms with E-state index in [1.54, 1.807) is 0 Å². The van der Waals surface area contributed by atoms with Gasteiger partial charge in [-0.05, 0) is 52.9 Å². The molecule has 2 rings (SSSR count). The number of hydrogen-bond acceptors (Lipinski definition) is 3. The topological polar surface area (TPSA) is 55.5 Å². The van der Waals surface area contributed by atoms with Gasteiger partial charge < -0.3 is 15.6 Å². The molecule has 1 aliphatic carbocycles. The van der Waals surface area contributed by atoms with Crippen LogP contribution in [-0.4, -0.2) is 17.3 Å². The maximum absolute atomic E-state index is 9.68. The second-order valence-electron chi connectivity index (χ2n) is 4.12. The summed E-state index contributed by atoms with van der Waals surface area (Å²) < 4.78 is 6.68. The van der Waals surface area contributed by atoms with Crippen molar-refractivity contribution in [1.29, 1.82) is 0 Å². The first-order valence-corrected chi connectivity index (χ1v) is 6.33. The zero-order valence-electron chi connectivity index (χ0n) is 9.03. The van der Waals surface area contributed by atoms with Gasteiger partial charge in [0, 0.05) is 6.54 Å². The summed E-state index contributed by atoms with van der Waals surface area (Å²) in [6, 6.07) is 5.80. The molecule has 0 heterocycles. The van der Waals surface area contributed by atoms with Gasteiger partial charge in [0.15, 0.2) is 0 Å². The first kappa shape index (κ1) is 11.9. The quantitative estimate of drug-likeness (QED) is 0.895. The van der Waals surface area contributed by atoms with Crippen LogP contribution in [0.1, 0.15) is 24.8 Å². The van der Waals surface area contributed by atoms with E-state index in [1.165, 1.54) is 0 Å². The molecule has 2 unspecified atom stereocenters. The van der Waals surface area contributed by atoms with E-state index in [9.17, 15) is 5.11 Å². The molecule has 1 aliphatic rings. The predicted molar refractivity (Wildman–Crippen MR) is 66.3 cm³/mol. The van der Waals surface area contributed by atoms with E-state index >= 15 is 0 Å². The Labute approximate surface area is 104 Å². The van der Waals surface area contributed by atoms with Gasteiger partial charge in [0.1, 0.15) is 11.9 Å². The van der Waals surface area contributed by atoms with Gasteiger partial charge in [-0.2, -0.15) is 0 Å². The van der Waals surface area contributed by atoms with Crippen LogP contribution >= 0.6 is 15.9 Å². The maximum atomic E-state index is 9.68. The third kappa shape index (κ3) is 2.56. The molecule has 0 aromatic heterocycles. The van der Waals surface area contributed by atoms with Crippen LogP contribution in [0.3, 0.4) is 0 Å². The van der Waals surface area contributed by atoms with Crippen LogP contribution in [0, 0.1) is 0 Å². The van der Waals surface area contributed by atoms with Gasteiger partial charge in [-0.1, -0.05) is 6.07 Å². The minimum Gasteiger partial charge on any atom is -0.487 e. The largest absolute Gasteiger partial charge is 0.487 e. The second kappa shape index (κ2) is 5.17. The van der Waals surface area contributed by atoms with Gasteiger partial charge >= 0.3 is 0 Å². The molecule has 0 spiro atoms. The van der Waals surface area contributed by atoms with Crippen molar-refractivity contribution >= 4 is 15.9 Å². The lowest BCUT2D eigenvalue weighted by atomic mass is 10.2. The standard InChI is InChI=1S/C12H16BrNO2/c13-9-6-8(7-14)4-5-11(9)16-12-3-1-2-10(12)15/h4-6,10,12,15H,1-3,7,14H2. The molecular weight excluding hydrogens is 270 g/mol. The number of ether oxygens (including phenoxy) is 1. The molecule has 2 atom stereocenters. The molecule has 0 saturated heterocycles. The fraction of sp³-hybridized carbons (Fsp3) is 0.500. The van der Waals surface area contributed by atoms with Gasteiger partial charge in [0.25, 0.3) is 0 Å². The monoisotopic (exact) mass is 285 g/mol. The smallest absolute Gasteiger partial charge is 0.134 e. The molecule has 0 aliphatic heterocycles. The number of halogens is 1. The minimum atomic E-state index is -0.332. The van der Waals surface area contributed by atoms with E-state index in [4.69, 9.17) is 10.5 Å². The Hall–Kier alpha value is -0.580. The highest BCUT2D eigenvalue weighted by atomic mass is 79.9. The van der Waals surface area contributed by atoms with Crippen molar-refractivity contribution in [2.45, 2.75) is 38.0 Å². The van der Waals surface area contributed by atoms with Crippen LogP contribution in [0.2, 0.25) is 0 Å². The molecule has 16 heavy (non-hydrogen) atoms. The van der Waals surface area contributed by atoms with E-state index in [0.29, 0.717) is 6.54 Å². The SMILES string of the molecule is NCc1ccc(OC2CCCC2O)c(Br)c1. The van der Waals surface area contributed by atoms with Crippen molar-refractivity contribution in [2.75, 3.05) is 0 Å². The lowest BCUT2D eigenvalue weighted by Gasteiger charge is -2.18. The Morgan fingerprint density at radius 1 is 1.44 bits per heavy atom. The fourth-order valence-electron chi connectivity index (χ4n) is 1.97. The summed E-state index contributed by atoms with van der Waals surface area (Å²) in [5.41, 5.74) is 6.61. The average molecular weight is 286 g/mol. The van der Waals surface area contributed by atoms with Crippen molar-refractivity contribution in [3.63, 3.8) is 0 Å². The van der Waals surface area contributed by atoms with Crippen LogP contribution in [0.4, 0.5) is 0 Å². The van der Waals surface area contributed by atoms with Crippen LogP contribution in [0.25, 0.3) is 0 Å². The van der Waals surface area contributed by atoms with Gasteiger partial charge in [0.05, 0.1) is 10.6 Å². The molecule has 1 aromatic carbocycles. The van der Waals surface area contributed by atoms with Gasteiger partial charge in [0.2, 0.25) is 0 Å². The minimum absolute atomic E-state index is 0.0694. The third-order valence-corrected chi connectivity index (χ3v) is 3.55. The molecule has 4 heteroatoms. The summed E-state index contributed by atoms with van der Waals surface area (Å²) in [5.74, 6) is 0.781. The Morgan fingerprint density at radius 2 is 2.25 bits per heavy atom. The molecule has 0 amide bonds. The number of benzene rings is 1. The normalized spacial score (nSPS) is 24.7. The molecule has 1 saturated carbocycles. The van der Waals surface area contributed by atoms with Crippen molar-refractivity contribution in [1.82, 2.24) is 0 Å². The number of hydrogen-bond donors (Lipinski definition) is 2. The molecular formula is C12H16BrNO2. The van der Waals surface area contributed by atoms with Crippen molar-refractivity contribution in [2.24, 2.45) is 5.73 Å². The lowest BCUT2D eigenvalue weighted by Crippen LogP contribution is -2.25. The van der Waals surface area contributed by atoms with Crippen molar-refractivity contribution < 1.29 is 9.84 Å². The van der Waals surface area contributed by atoms with Crippen molar-refractivity contribution in [3.8, 4) is 5.75 Å². The highest BCUT2D eigenvalue weighted by Gasteiger charge is 2.27. The number of nitrogens with two attached hydrogens (primary N) is 1. The van der Waals surface area contributed by atoms with Gasteiger partial charge in [-0.25, -0.2) is 0 Å². The van der Waals surface area contributed by atoms with E-state index < -0.39 is 0 Å². The predicted octanol–water partition coefficient (Wildman–Crippen LogP) is 2.20. The van der Waals surface area contributed by atoms with Gasteiger partial charge in [-0.3, -0.25) is 0 Å². The number of aliphatic hydroxyl groups is 1. The zero-order valence-corrected chi connectivity index (χ0v) is 10.6. The highest BCUT2D eigenvalue weighted by molar-refractivity contribution is 9.10. The molecule has 1 fully saturated rings. The molecule has 88 valence electrons. The van der Waals surface area contributed by atoms with Crippen LogP contribution < -0.4 is 10.5 Å². The Bertz CT molecular complexity index is 370. The van der Waals surface area contributed by atoms with E-state index in [0.717, 1.165) is 35.0 Å². The summed E-state index contributed by atoms with van der Waals surface area (Å²) in [5, 5.41) is 9.68. The summed E-state index contributed by atoms with van der Waals surface area (Å²) in [6.07, 6.45) is 2.39. The third-order valence-electron chi connectivity index (χ3n) is 2.93. The van der Waals surface area contributed by atoms with Gasteiger partial charge in [-0.15, -0.1) is 0 Å². The molecule has 0 bridgehead atoms. The summed E-state index contributed by atoms with van der Waals surface area (Å²) in [7, 11) is 0. The highest BCUT2D eigenvalue weighted by Crippen LogP contribution is 2.30. The molecule has 3 nitrogen and oxygen atoms in total. The van der Waals surface area contributed by atoms with Crippen LogP contribution in [0.5, 0.6) is 5.75 Å². The summed E-state index contributed by atoms with van der Waals surface area (Å²) in [4.78, 5) is 0. The van der Waals surface area contributed by atoms with Crippen molar-refractivity contribution in [3.05, 3.63) is 28.2 Å². The Morgan fingerprint density at radius 3 is 2.81 bits per heavy atom. The van der Waals surface area contributed by atoms with Crippen LogP contribution in [-0.2, 0) is 6.54 Å². The maximum Gasteiger partial charge on any atom is 0.134 e. The Balaban J connectivity index is 2.09. The van der Waals surface area contributed by atoms with E-state index in [1.807, 2.05) is 18.2 Å². The Kier molecular flexibility index (Phi) is 3.84. The van der Waals surface area contributed by atoms with E-state index in [2.05, 4.69) is 15.9 Å².